The molecule has 0 bridgehead atoms. The maximum absolute atomic E-state index is 12.2. The van der Waals surface area contributed by atoms with Gasteiger partial charge in [0, 0.05) is 30.2 Å². The van der Waals surface area contributed by atoms with Gasteiger partial charge in [-0.05, 0) is 18.8 Å². The zero-order chi connectivity index (χ0) is 17.0. The minimum atomic E-state index is 0.0417. The molecule has 2 amide bonds. The smallest absolute Gasteiger partial charge is 0.229 e. The number of thiazole rings is 1. The number of fused-ring (bicyclic) bond motifs is 1. The van der Waals surface area contributed by atoms with Gasteiger partial charge < -0.3 is 10.2 Å². The van der Waals surface area contributed by atoms with Gasteiger partial charge in [0.15, 0.2) is 5.13 Å². The van der Waals surface area contributed by atoms with Crippen molar-refractivity contribution in [3.63, 3.8) is 0 Å². The molecule has 1 aromatic heterocycles. The highest BCUT2D eigenvalue weighted by Crippen LogP contribution is 2.29. The summed E-state index contributed by atoms with van der Waals surface area (Å²) in [4.78, 5) is 31.9. The number of anilines is 1. The Balaban J connectivity index is 2.01. The normalized spacial score (nSPS) is 14.3. The van der Waals surface area contributed by atoms with E-state index >= 15 is 0 Å². The van der Waals surface area contributed by atoms with E-state index in [9.17, 15) is 9.59 Å². The van der Waals surface area contributed by atoms with E-state index in [-0.39, 0.29) is 17.7 Å². The van der Waals surface area contributed by atoms with E-state index in [0.717, 1.165) is 36.4 Å². The number of rotatable bonds is 6. The van der Waals surface area contributed by atoms with Crippen LogP contribution in [-0.2, 0) is 22.6 Å². The first kappa shape index (κ1) is 17.9. The summed E-state index contributed by atoms with van der Waals surface area (Å²) in [7, 11) is 0. The minimum absolute atomic E-state index is 0.0417. The van der Waals surface area contributed by atoms with Crippen LogP contribution in [0.4, 0.5) is 5.13 Å². The highest BCUT2D eigenvalue weighted by Gasteiger charge is 2.25. The van der Waals surface area contributed by atoms with Crippen LogP contribution in [0.25, 0.3) is 0 Å². The molecule has 5 nitrogen and oxygen atoms in total. The average Bonchev–Trinajstić information content (AvgIpc) is 2.88. The Bertz CT molecular complexity index is 564. The van der Waals surface area contributed by atoms with Gasteiger partial charge in [-0.1, -0.05) is 39.0 Å². The molecule has 0 saturated carbocycles. The van der Waals surface area contributed by atoms with Crippen LogP contribution in [0.5, 0.6) is 0 Å². The topological polar surface area (TPSA) is 62.3 Å². The van der Waals surface area contributed by atoms with E-state index in [4.69, 9.17) is 0 Å². The van der Waals surface area contributed by atoms with Crippen molar-refractivity contribution in [2.24, 2.45) is 11.8 Å². The lowest BCUT2D eigenvalue weighted by atomic mass is 10.0. The van der Waals surface area contributed by atoms with E-state index in [0.29, 0.717) is 24.0 Å². The SMILES string of the molecule is CCC(CC)C(=O)Nc1nc2c(s1)CN(C(=O)CC(C)C)CC2. The molecule has 0 radical (unpaired) electrons. The fraction of sp³-hybridized carbons (Fsp3) is 0.706. The molecule has 0 unspecified atom stereocenters. The summed E-state index contributed by atoms with van der Waals surface area (Å²) in [6, 6.07) is 0. The van der Waals surface area contributed by atoms with Gasteiger partial charge in [-0.2, -0.15) is 0 Å². The van der Waals surface area contributed by atoms with Crippen molar-refractivity contribution in [1.29, 1.82) is 0 Å². The Morgan fingerprint density at radius 3 is 2.61 bits per heavy atom. The molecule has 1 aliphatic heterocycles. The Kier molecular flexibility index (Phi) is 6.16. The van der Waals surface area contributed by atoms with Gasteiger partial charge >= 0.3 is 0 Å². The monoisotopic (exact) mass is 337 g/mol. The number of nitrogens with one attached hydrogen (secondary N) is 1. The fourth-order valence-electron chi connectivity index (χ4n) is 2.81. The van der Waals surface area contributed by atoms with Crippen molar-refractivity contribution >= 4 is 28.3 Å². The number of aromatic nitrogens is 1. The molecular formula is C17H27N3O2S. The van der Waals surface area contributed by atoms with Gasteiger partial charge in [-0.3, -0.25) is 9.59 Å². The second-order valence-corrected chi connectivity index (χ2v) is 7.64. The molecule has 1 aliphatic rings. The number of carbonyl (C=O) groups excluding carboxylic acids is 2. The number of hydrogen-bond donors (Lipinski definition) is 1. The molecule has 2 rings (SSSR count). The molecule has 23 heavy (non-hydrogen) atoms. The van der Waals surface area contributed by atoms with Gasteiger partial charge in [0.2, 0.25) is 11.8 Å². The standard InChI is InChI=1S/C17H27N3O2S/c1-5-12(6-2)16(22)19-17-18-13-7-8-20(10-14(13)23-17)15(21)9-11(3)4/h11-12H,5-10H2,1-4H3,(H,18,19,22). The highest BCUT2D eigenvalue weighted by molar-refractivity contribution is 7.15. The number of hydrogen-bond acceptors (Lipinski definition) is 4. The predicted octanol–water partition coefficient (Wildman–Crippen LogP) is 3.45. The van der Waals surface area contributed by atoms with Crippen LogP contribution in [-0.4, -0.2) is 28.2 Å². The first-order valence-corrected chi connectivity index (χ1v) is 9.33. The molecule has 1 aromatic rings. The van der Waals surface area contributed by atoms with Gasteiger partial charge in [0.1, 0.15) is 0 Å². The van der Waals surface area contributed by atoms with Crippen LogP contribution in [0, 0.1) is 11.8 Å². The predicted molar refractivity (Wildman–Crippen MR) is 93.4 cm³/mol. The molecule has 128 valence electrons. The highest BCUT2D eigenvalue weighted by atomic mass is 32.1. The number of carbonyl (C=O) groups is 2. The number of nitrogens with zero attached hydrogens (tertiary/aromatic N) is 2. The Morgan fingerprint density at radius 2 is 2.00 bits per heavy atom. The molecule has 2 heterocycles. The summed E-state index contributed by atoms with van der Waals surface area (Å²) in [6.45, 7) is 9.52. The van der Waals surface area contributed by atoms with Crippen LogP contribution in [0.2, 0.25) is 0 Å². The van der Waals surface area contributed by atoms with Gasteiger partial charge in [-0.15, -0.1) is 0 Å². The van der Waals surface area contributed by atoms with Crippen LogP contribution in [0.1, 0.15) is 57.5 Å². The number of amides is 2. The van der Waals surface area contributed by atoms with Crippen LogP contribution in [0.15, 0.2) is 0 Å². The molecular weight excluding hydrogens is 310 g/mol. The van der Waals surface area contributed by atoms with Crippen LogP contribution < -0.4 is 5.32 Å². The zero-order valence-electron chi connectivity index (χ0n) is 14.5. The van der Waals surface area contributed by atoms with E-state index in [1.54, 1.807) is 0 Å². The maximum Gasteiger partial charge on any atom is 0.229 e. The third kappa shape index (κ3) is 4.53. The van der Waals surface area contributed by atoms with Crippen molar-refractivity contribution in [3.05, 3.63) is 10.6 Å². The van der Waals surface area contributed by atoms with Crippen molar-refractivity contribution in [3.8, 4) is 0 Å². The molecule has 0 aliphatic carbocycles. The van der Waals surface area contributed by atoms with E-state index in [2.05, 4.69) is 24.1 Å². The first-order valence-electron chi connectivity index (χ1n) is 8.51. The van der Waals surface area contributed by atoms with Crippen molar-refractivity contribution in [2.45, 2.75) is 59.9 Å². The van der Waals surface area contributed by atoms with Crippen molar-refractivity contribution < 1.29 is 9.59 Å². The lowest BCUT2D eigenvalue weighted by Crippen LogP contribution is -2.36. The summed E-state index contributed by atoms with van der Waals surface area (Å²) < 4.78 is 0. The third-order valence-electron chi connectivity index (χ3n) is 4.25. The largest absolute Gasteiger partial charge is 0.337 e. The van der Waals surface area contributed by atoms with E-state index in [1.165, 1.54) is 11.3 Å². The van der Waals surface area contributed by atoms with E-state index in [1.807, 2.05) is 18.7 Å². The summed E-state index contributed by atoms with van der Waals surface area (Å²) in [5, 5.41) is 3.61. The lowest BCUT2D eigenvalue weighted by molar-refractivity contribution is -0.132. The second kappa shape index (κ2) is 7.90. The van der Waals surface area contributed by atoms with Crippen molar-refractivity contribution in [1.82, 2.24) is 9.88 Å². The van der Waals surface area contributed by atoms with E-state index < -0.39 is 0 Å². The van der Waals surface area contributed by atoms with Crippen LogP contribution in [0.3, 0.4) is 0 Å². The van der Waals surface area contributed by atoms with Crippen LogP contribution >= 0.6 is 11.3 Å². The summed E-state index contributed by atoms with van der Waals surface area (Å²) in [5.41, 5.74) is 1.03. The van der Waals surface area contributed by atoms with Gasteiger partial charge in [0.05, 0.1) is 12.2 Å². The Morgan fingerprint density at radius 1 is 1.30 bits per heavy atom. The molecule has 0 spiro atoms. The molecule has 0 atom stereocenters. The molecule has 1 N–H and O–H groups in total. The minimum Gasteiger partial charge on any atom is -0.337 e. The van der Waals surface area contributed by atoms with Crippen molar-refractivity contribution in [2.75, 3.05) is 11.9 Å². The zero-order valence-corrected chi connectivity index (χ0v) is 15.3. The maximum atomic E-state index is 12.2. The quantitative estimate of drug-likeness (QED) is 0.865. The van der Waals surface area contributed by atoms with Gasteiger partial charge in [-0.25, -0.2) is 4.98 Å². The summed E-state index contributed by atoms with van der Waals surface area (Å²) >= 11 is 1.51. The third-order valence-corrected chi connectivity index (χ3v) is 5.25. The molecule has 6 heteroatoms. The molecule has 0 fully saturated rings. The molecule has 0 saturated heterocycles. The second-order valence-electron chi connectivity index (χ2n) is 6.55. The molecule has 0 aromatic carbocycles. The summed E-state index contributed by atoms with van der Waals surface area (Å²) in [5.74, 6) is 0.677. The summed E-state index contributed by atoms with van der Waals surface area (Å²) in [6.07, 6.45) is 3.04. The Hall–Kier alpha value is -1.43. The fourth-order valence-corrected chi connectivity index (χ4v) is 3.83. The first-order chi connectivity index (χ1) is 10.9. The Labute approximate surface area is 142 Å². The average molecular weight is 337 g/mol. The lowest BCUT2D eigenvalue weighted by Gasteiger charge is -2.26. The van der Waals surface area contributed by atoms with Gasteiger partial charge in [0.25, 0.3) is 0 Å².